The lowest BCUT2D eigenvalue weighted by Crippen LogP contribution is -2.33. The number of carbonyl (C=O) groups is 2. The van der Waals surface area contributed by atoms with Gasteiger partial charge in [0.1, 0.15) is 5.60 Å². The van der Waals surface area contributed by atoms with Crippen molar-refractivity contribution >= 4 is 12.1 Å². The van der Waals surface area contributed by atoms with E-state index < -0.39 is 17.7 Å². The summed E-state index contributed by atoms with van der Waals surface area (Å²) in [7, 11) is 0. The number of ether oxygens (including phenoxy) is 1. The fraction of sp³-hybridized carbons (Fsp3) is 0.867. The molecule has 20 heavy (non-hydrogen) atoms. The van der Waals surface area contributed by atoms with Gasteiger partial charge in [0.05, 0.1) is 6.42 Å². The molecular formula is C15H29NO4. The molecule has 1 aliphatic rings. The van der Waals surface area contributed by atoms with Crippen LogP contribution in [0.4, 0.5) is 4.79 Å². The number of carbonyl (C=O) groups excluding carboxylic acids is 1. The molecule has 2 N–H and O–H groups in total. The molecule has 0 saturated heterocycles. The summed E-state index contributed by atoms with van der Waals surface area (Å²) in [5, 5.41) is 10.6. The van der Waals surface area contributed by atoms with Gasteiger partial charge in [0.25, 0.3) is 0 Å². The van der Waals surface area contributed by atoms with Crippen LogP contribution in [0.1, 0.15) is 66.2 Å². The monoisotopic (exact) mass is 287 g/mol. The van der Waals surface area contributed by atoms with Crippen LogP contribution in [0, 0.1) is 5.92 Å². The molecule has 1 aliphatic carbocycles. The number of amides is 1. The van der Waals surface area contributed by atoms with Gasteiger partial charge in [0.2, 0.25) is 0 Å². The molecule has 0 spiro atoms. The first-order chi connectivity index (χ1) is 9.20. The van der Waals surface area contributed by atoms with Gasteiger partial charge in [-0.3, -0.25) is 4.79 Å². The highest BCUT2D eigenvalue weighted by Crippen LogP contribution is 2.22. The van der Waals surface area contributed by atoms with Crippen molar-refractivity contribution in [3.05, 3.63) is 0 Å². The Labute approximate surface area is 122 Å². The standard InChI is InChI=1S/C8H15NO4.C7H14/c1-8(2,3)13-7(12)9-5-4-6(10)11;1-7-5-3-2-4-6-7/h4-5H2,1-3H3,(H,9,12)(H,10,11);7H,2-6H2,1H3. The lowest BCUT2D eigenvalue weighted by molar-refractivity contribution is -0.136. The zero-order chi connectivity index (χ0) is 15.6. The Morgan fingerprint density at radius 1 is 1.20 bits per heavy atom. The zero-order valence-electron chi connectivity index (χ0n) is 13.2. The van der Waals surface area contributed by atoms with Crippen molar-refractivity contribution < 1.29 is 19.4 Å². The van der Waals surface area contributed by atoms with Crippen LogP contribution in [0.25, 0.3) is 0 Å². The van der Waals surface area contributed by atoms with E-state index in [1.807, 2.05) is 0 Å². The van der Waals surface area contributed by atoms with E-state index in [9.17, 15) is 9.59 Å². The summed E-state index contributed by atoms with van der Waals surface area (Å²) in [5.41, 5.74) is -0.548. The Morgan fingerprint density at radius 2 is 1.75 bits per heavy atom. The number of carboxylic acids is 1. The first kappa shape index (κ1) is 18.7. The summed E-state index contributed by atoms with van der Waals surface area (Å²) in [6, 6.07) is 0. The van der Waals surface area contributed by atoms with Crippen LogP contribution in [-0.4, -0.2) is 29.3 Å². The van der Waals surface area contributed by atoms with Crippen molar-refractivity contribution in [2.45, 2.75) is 71.8 Å². The normalized spacial score (nSPS) is 15.8. The van der Waals surface area contributed by atoms with E-state index >= 15 is 0 Å². The fourth-order valence-electron chi connectivity index (χ4n) is 1.89. The maximum absolute atomic E-state index is 10.9. The molecule has 1 rings (SSSR count). The lowest BCUT2D eigenvalue weighted by atomic mass is 9.91. The van der Waals surface area contributed by atoms with Crippen molar-refractivity contribution in [1.29, 1.82) is 0 Å². The second kappa shape index (κ2) is 9.61. The Morgan fingerprint density at radius 3 is 2.10 bits per heavy atom. The minimum absolute atomic E-state index is 0.0875. The average molecular weight is 287 g/mol. The quantitative estimate of drug-likeness (QED) is 0.832. The number of nitrogens with one attached hydrogen (secondary N) is 1. The summed E-state index contributed by atoms with van der Waals surface area (Å²) < 4.78 is 4.88. The molecule has 0 unspecified atom stereocenters. The summed E-state index contributed by atoms with van der Waals surface area (Å²) in [5.74, 6) is 0.0878. The Hall–Kier alpha value is -1.26. The fourth-order valence-corrected chi connectivity index (χ4v) is 1.89. The topological polar surface area (TPSA) is 75.6 Å². The van der Waals surface area contributed by atoms with Crippen LogP contribution in [0.15, 0.2) is 0 Å². The molecule has 0 heterocycles. The molecular weight excluding hydrogens is 258 g/mol. The van der Waals surface area contributed by atoms with Gasteiger partial charge in [0, 0.05) is 6.54 Å². The molecule has 0 aromatic heterocycles. The predicted molar refractivity (Wildman–Crippen MR) is 78.7 cm³/mol. The molecule has 0 aromatic carbocycles. The minimum Gasteiger partial charge on any atom is -0.481 e. The van der Waals surface area contributed by atoms with Crippen molar-refractivity contribution in [3.8, 4) is 0 Å². The summed E-state index contributed by atoms with van der Waals surface area (Å²) >= 11 is 0. The first-order valence-corrected chi connectivity index (χ1v) is 7.39. The van der Waals surface area contributed by atoms with Crippen molar-refractivity contribution in [2.75, 3.05) is 6.54 Å². The van der Waals surface area contributed by atoms with E-state index in [4.69, 9.17) is 9.84 Å². The van der Waals surface area contributed by atoms with Gasteiger partial charge < -0.3 is 15.2 Å². The Bertz CT molecular complexity index is 291. The van der Waals surface area contributed by atoms with Gasteiger partial charge in [-0.25, -0.2) is 4.79 Å². The van der Waals surface area contributed by atoms with Crippen LogP contribution in [-0.2, 0) is 9.53 Å². The third kappa shape index (κ3) is 13.2. The van der Waals surface area contributed by atoms with E-state index in [0.717, 1.165) is 5.92 Å². The molecule has 1 amide bonds. The number of hydrogen-bond donors (Lipinski definition) is 2. The van der Waals surface area contributed by atoms with Gasteiger partial charge in [0.15, 0.2) is 0 Å². The second-order valence-corrected chi connectivity index (χ2v) is 6.32. The molecule has 1 saturated carbocycles. The summed E-state index contributed by atoms with van der Waals surface area (Å²) in [6.45, 7) is 7.67. The number of aliphatic carboxylic acids is 1. The van der Waals surface area contributed by atoms with Crippen molar-refractivity contribution in [3.63, 3.8) is 0 Å². The van der Waals surface area contributed by atoms with E-state index in [2.05, 4.69) is 12.2 Å². The van der Waals surface area contributed by atoms with Crippen LogP contribution in [0.5, 0.6) is 0 Å². The van der Waals surface area contributed by atoms with E-state index in [-0.39, 0.29) is 13.0 Å². The molecule has 5 nitrogen and oxygen atoms in total. The molecule has 5 heteroatoms. The number of alkyl carbamates (subject to hydrolysis) is 1. The maximum Gasteiger partial charge on any atom is 0.407 e. The van der Waals surface area contributed by atoms with Crippen molar-refractivity contribution in [2.24, 2.45) is 5.92 Å². The van der Waals surface area contributed by atoms with Gasteiger partial charge in [-0.15, -0.1) is 0 Å². The van der Waals surface area contributed by atoms with E-state index in [1.165, 1.54) is 32.1 Å². The van der Waals surface area contributed by atoms with E-state index in [1.54, 1.807) is 20.8 Å². The van der Waals surface area contributed by atoms with Crippen LogP contribution >= 0.6 is 0 Å². The van der Waals surface area contributed by atoms with Gasteiger partial charge in [-0.2, -0.15) is 0 Å². The van der Waals surface area contributed by atoms with Gasteiger partial charge in [-0.05, 0) is 26.7 Å². The first-order valence-electron chi connectivity index (χ1n) is 7.39. The highest BCUT2D eigenvalue weighted by atomic mass is 16.6. The zero-order valence-corrected chi connectivity index (χ0v) is 13.2. The van der Waals surface area contributed by atoms with E-state index in [0.29, 0.717) is 0 Å². The van der Waals surface area contributed by atoms with Gasteiger partial charge >= 0.3 is 12.1 Å². The predicted octanol–water partition coefficient (Wildman–Crippen LogP) is 3.57. The van der Waals surface area contributed by atoms with Crippen LogP contribution in [0.3, 0.4) is 0 Å². The SMILES string of the molecule is CC(C)(C)OC(=O)NCCC(=O)O.CC1CCCCC1. The summed E-state index contributed by atoms with van der Waals surface area (Å²) in [4.78, 5) is 21.0. The Balaban J connectivity index is 0.000000428. The average Bonchev–Trinajstić information content (AvgIpc) is 2.27. The molecule has 0 bridgehead atoms. The number of hydrogen-bond acceptors (Lipinski definition) is 3. The lowest BCUT2D eigenvalue weighted by Gasteiger charge is -2.19. The highest BCUT2D eigenvalue weighted by Gasteiger charge is 2.15. The molecule has 0 aliphatic heterocycles. The summed E-state index contributed by atoms with van der Waals surface area (Å²) in [6.07, 6.45) is 6.75. The van der Waals surface area contributed by atoms with Gasteiger partial charge in [-0.1, -0.05) is 39.0 Å². The number of rotatable bonds is 3. The van der Waals surface area contributed by atoms with Crippen LogP contribution < -0.4 is 5.32 Å². The van der Waals surface area contributed by atoms with Crippen LogP contribution in [0.2, 0.25) is 0 Å². The van der Waals surface area contributed by atoms with Crippen molar-refractivity contribution in [1.82, 2.24) is 5.32 Å². The third-order valence-corrected chi connectivity index (χ3v) is 2.90. The highest BCUT2D eigenvalue weighted by molar-refractivity contribution is 5.70. The molecule has 1 fully saturated rings. The molecule has 118 valence electrons. The molecule has 0 radical (unpaired) electrons. The smallest absolute Gasteiger partial charge is 0.407 e. The Kier molecular flexibility index (Phi) is 9.01. The number of carboxylic acid groups (broad SMARTS) is 1. The molecule has 0 aromatic rings. The largest absolute Gasteiger partial charge is 0.481 e. The third-order valence-electron chi connectivity index (χ3n) is 2.90. The minimum atomic E-state index is -0.948. The second-order valence-electron chi connectivity index (χ2n) is 6.32. The molecule has 0 atom stereocenters. The maximum atomic E-state index is 10.9.